The standard InChI is InChI=1S/C10H10ClF3O3/c11-8-1-2-9(7(5-8)6-15)16-3-4-17-10(12,13)14/h1-2,5,15H,3-4,6H2. The van der Waals surface area contributed by atoms with Gasteiger partial charge in [-0.25, -0.2) is 0 Å². The van der Waals surface area contributed by atoms with Crippen LogP contribution in [0.5, 0.6) is 5.75 Å². The Kier molecular flexibility index (Phi) is 5.04. The van der Waals surface area contributed by atoms with Gasteiger partial charge in [-0.05, 0) is 18.2 Å². The van der Waals surface area contributed by atoms with Gasteiger partial charge in [0.15, 0.2) is 0 Å². The van der Waals surface area contributed by atoms with E-state index in [4.69, 9.17) is 21.4 Å². The van der Waals surface area contributed by atoms with Gasteiger partial charge in [-0.1, -0.05) is 11.6 Å². The second-order valence-electron chi connectivity index (χ2n) is 3.05. The summed E-state index contributed by atoms with van der Waals surface area (Å²) in [6.45, 7) is -1.19. The molecule has 7 heteroatoms. The van der Waals surface area contributed by atoms with Gasteiger partial charge in [0.2, 0.25) is 0 Å². The Hall–Kier alpha value is -0.980. The van der Waals surface area contributed by atoms with Crippen LogP contribution in [0.15, 0.2) is 18.2 Å². The lowest BCUT2D eigenvalue weighted by Gasteiger charge is -2.11. The van der Waals surface area contributed by atoms with E-state index in [1.54, 1.807) is 0 Å². The summed E-state index contributed by atoms with van der Waals surface area (Å²) in [6.07, 6.45) is -4.66. The predicted molar refractivity (Wildman–Crippen MR) is 54.9 cm³/mol. The fourth-order valence-corrected chi connectivity index (χ4v) is 1.32. The van der Waals surface area contributed by atoms with Crippen molar-refractivity contribution in [3.05, 3.63) is 28.8 Å². The minimum Gasteiger partial charge on any atom is -0.491 e. The molecule has 0 heterocycles. The summed E-state index contributed by atoms with van der Waals surface area (Å²) in [7, 11) is 0. The molecule has 0 fully saturated rings. The number of hydrogen-bond donors (Lipinski definition) is 1. The summed E-state index contributed by atoms with van der Waals surface area (Å²) in [5, 5.41) is 9.39. The van der Waals surface area contributed by atoms with Crippen LogP contribution in [0.3, 0.4) is 0 Å². The van der Waals surface area contributed by atoms with Crippen LogP contribution in [0.4, 0.5) is 13.2 Å². The van der Waals surface area contributed by atoms with Gasteiger partial charge in [-0.2, -0.15) is 0 Å². The molecular formula is C10H10ClF3O3. The van der Waals surface area contributed by atoms with Crippen molar-refractivity contribution < 1.29 is 27.8 Å². The van der Waals surface area contributed by atoms with Crippen LogP contribution in [0.25, 0.3) is 0 Å². The SMILES string of the molecule is OCc1cc(Cl)ccc1OCCOC(F)(F)F. The van der Waals surface area contributed by atoms with Crippen molar-refractivity contribution in [2.75, 3.05) is 13.2 Å². The Labute approximate surface area is 101 Å². The average molecular weight is 271 g/mol. The fraction of sp³-hybridized carbons (Fsp3) is 0.400. The summed E-state index contributed by atoms with van der Waals surface area (Å²) in [4.78, 5) is 0. The molecule has 0 atom stereocenters. The summed E-state index contributed by atoms with van der Waals surface area (Å²) >= 11 is 5.68. The quantitative estimate of drug-likeness (QED) is 0.836. The van der Waals surface area contributed by atoms with Gasteiger partial charge in [-0.15, -0.1) is 13.2 Å². The van der Waals surface area contributed by atoms with E-state index in [0.29, 0.717) is 10.6 Å². The molecule has 0 unspecified atom stereocenters. The van der Waals surface area contributed by atoms with E-state index >= 15 is 0 Å². The molecule has 0 aliphatic carbocycles. The molecule has 0 saturated heterocycles. The second-order valence-corrected chi connectivity index (χ2v) is 3.49. The molecule has 0 radical (unpaired) electrons. The van der Waals surface area contributed by atoms with E-state index in [1.165, 1.54) is 18.2 Å². The summed E-state index contributed by atoms with van der Waals surface area (Å²) in [5.41, 5.74) is 0.407. The number of rotatable bonds is 5. The number of aliphatic hydroxyl groups excluding tert-OH is 1. The molecule has 0 aliphatic rings. The van der Waals surface area contributed by atoms with E-state index in [9.17, 15) is 13.2 Å². The number of ether oxygens (including phenoxy) is 2. The number of halogens is 4. The van der Waals surface area contributed by atoms with Crippen molar-refractivity contribution in [2.45, 2.75) is 13.0 Å². The lowest BCUT2D eigenvalue weighted by molar-refractivity contribution is -0.325. The average Bonchev–Trinajstić information content (AvgIpc) is 2.24. The van der Waals surface area contributed by atoms with Crippen LogP contribution in [-0.4, -0.2) is 24.7 Å². The lowest BCUT2D eigenvalue weighted by Crippen LogP contribution is -2.18. The van der Waals surface area contributed by atoms with Gasteiger partial charge < -0.3 is 9.84 Å². The van der Waals surface area contributed by atoms with Crippen LogP contribution in [0.1, 0.15) is 5.56 Å². The lowest BCUT2D eigenvalue weighted by atomic mass is 10.2. The minimum atomic E-state index is -4.66. The number of alkyl halides is 3. The maximum atomic E-state index is 11.6. The summed E-state index contributed by atoms with van der Waals surface area (Å²) in [6, 6.07) is 4.46. The Morgan fingerprint density at radius 1 is 1.24 bits per heavy atom. The third-order valence-corrected chi connectivity index (χ3v) is 2.03. The molecule has 1 rings (SSSR count). The number of aliphatic hydroxyl groups is 1. The van der Waals surface area contributed by atoms with E-state index in [0.717, 1.165) is 0 Å². The van der Waals surface area contributed by atoms with Crippen molar-refractivity contribution in [1.29, 1.82) is 0 Å². The van der Waals surface area contributed by atoms with Gasteiger partial charge in [-0.3, -0.25) is 4.74 Å². The highest BCUT2D eigenvalue weighted by molar-refractivity contribution is 6.30. The molecule has 17 heavy (non-hydrogen) atoms. The highest BCUT2D eigenvalue weighted by Gasteiger charge is 2.28. The molecule has 96 valence electrons. The smallest absolute Gasteiger partial charge is 0.491 e. The van der Waals surface area contributed by atoms with Crippen LogP contribution >= 0.6 is 11.6 Å². The third kappa shape index (κ3) is 5.25. The molecule has 0 aliphatic heterocycles. The highest BCUT2D eigenvalue weighted by atomic mass is 35.5. The minimum absolute atomic E-state index is 0.270. The fourth-order valence-electron chi connectivity index (χ4n) is 1.12. The normalized spacial score (nSPS) is 11.6. The Morgan fingerprint density at radius 3 is 2.53 bits per heavy atom. The van der Waals surface area contributed by atoms with Crippen LogP contribution in [0, 0.1) is 0 Å². The van der Waals surface area contributed by atoms with Crippen molar-refractivity contribution in [1.82, 2.24) is 0 Å². The van der Waals surface area contributed by atoms with Crippen molar-refractivity contribution in [2.24, 2.45) is 0 Å². The van der Waals surface area contributed by atoms with Crippen molar-refractivity contribution >= 4 is 11.6 Å². The first-order chi connectivity index (χ1) is 7.92. The topological polar surface area (TPSA) is 38.7 Å². The van der Waals surface area contributed by atoms with E-state index in [2.05, 4.69) is 4.74 Å². The molecule has 0 amide bonds. The Bertz CT molecular complexity index is 368. The van der Waals surface area contributed by atoms with Crippen LogP contribution < -0.4 is 4.74 Å². The van der Waals surface area contributed by atoms with E-state index < -0.39 is 13.0 Å². The molecule has 0 spiro atoms. The summed E-state index contributed by atoms with van der Waals surface area (Å²) < 4.78 is 43.5. The Morgan fingerprint density at radius 2 is 1.94 bits per heavy atom. The maximum absolute atomic E-state index is 11.6. The first-order valence-electron chi connectivity index (χ1n) is 4.65. The van der Waals surface area contributed by atoms with Gasteiger partial charge in [0.1, 0.15) is 12.4 Å². The van der Waals surface area contributed by atoms with Crippen LogP contribution in [-0.2, 0) is 11.3 Å². The number of hydrogen-bond acceptors (Lipinski definition) is 3. The van der Waals surface area contributed by atoms with Crippen LogP contribution in [0.2, 0.25) is 5.02 Å². The van der Waals surface area contributed by atoms with Crippen molar-refractivity contribution in [3.8, 4) is 5.75 Å². The molecule has 1 aromatic carbocycles. The molecule has 1 N–H and O–H groups in total. The highest BCUT2D eigenvalue weighted by Crippen LogP contribution is 2.23. The largest absolute Gasteiger partial charge is 0.522 e. The predicted octanol–water partition coefficient (Wildman–Crippen LogP) is 2.75. The molecule has 0 saturated carbocycles. The molecule has 0 bridgehead atoms. The molecule has 1 aromatic rings. The number of benzene rings is 1. The zero-order chi connectivity index (χ0) is 12.9. The van der Waals surface area contributed by atoms with E-state index in [1.807, 2.05) is 0 Å². The van der Waals surface area contributed by atoms with Gasteiger partial charge >= 0.3 is 6.36 Å². The molecule has 3 nitrogen and oxygen atoms in total. The maximum Gasteiger partial charge on any atom is 0.522 e. The van der Waals surface area contributed by atoms with Gasteiger partial charge in [0.25, 0.3) is 0 Å². The Balaban J connectivity index is 2.46. The van der Waals surface area contributed by atoms with Crippen molar-refractivity contribution in [3.63, 3.8) is 0 Å². The summed E-state index contributed by atoms with van der Waals surface area (Å²) in [5.74, 6) is 0.280. The molecular weight excluding hydrogens is 261 g/mol. The van der Waals surface area contributed by atoms with Gasteiger partial charge in [0, 0.05) is 10.6 Å². The zero-order valence-electron chi connectivity index (χ0n) is 8.63. The molecule has 0 aromatic heterocycles. The monoisotopic (exact) mass is 270 g/mol. The first kappa shape index (κ1) is 14.1. The first-order valence-corrected chi connectivity index (χ1v) is 5.03. The van der Waals surface area contributed by atoms with E-state index in [-0.39, 0.29) is 19.0 Å². The second kappa shape index (κ2) is 6.09. The zero-order valence-corrected chi connectivity index (χ0v) is 9.38. The van der Waals surface area contributed by atoms with Gasteiger partial charge in [0.05, 0.1) is 13.2 Å². The third-order valence-electron chi connectivity index (χ3n) is 1.80.